The molecule has 0 heterocycles. The van der Waals surface area contributed by atoms with E-state index in [4.69, 9.17) is 10.00 Å². The van der Waals surface area contributed by atoms with Gasteiger partial charge >= 0.3 is 0 Å². The first kappa shape index (κ1) is 13.1. The summed E-state index contributed by atoms with van der Waals surface area (Å²) in [4.78, 5) is 0. The fourth-order valence-electron chi connectivity index (χ4n) is 1.31. The topological polar surface area (TPSA) is 33.0 Å². The van der Waals surface area contributed by atoms with E-state index >= 15 is 0 Å². The van der Waals surface area contributed by atoms with E-state index in [1.165, 1.54) is 0 Å². The van der Waals surface area contributed by atoms with Gasteiger partial charge in [-0.2, -0.15) is 5.26 Å². The maximum atomic E-state index is 8.86. The van der Waals surface area contributed by atoms with Crippen LogP contribution in [0.3, 0.4) is 0 Å². The third-order valence-electron chi connectivity index (χ3n) is 2.34. The van der Waals surface area contributed by atoms with Crippen LogP contribution in [0, 0.1) is 16.7 Å². The smallest absolute Gasteiger partial charge is 0.133 e. The number of nitrogens with zero attached hydrogens (tertiary/aromatic N) is 1. The fourth-order valence-corrected chi connectivity index (χ4v) is 1.71. The summed E-state index contributed by atoms with van der Waals surface area (Å²) in [6.45, 7) is 4.55. The first-order valence-corrected chi connectivity index (χ1v) is 6.13. The lowest BCUT2D eigenvalue weighted by Crippen LogP contribution is -2.10. The van der Waals surface area contributed by atoms with Gasteiger partial charge in [0.25, 0.3) is 0 Å². The molecular formula is C13H16BrNO. The van der Waals surface area contributed by atoms with E-state index in [-0.39, 0.29) is 5.41 Å². The van der Waals surface area contributed by atoms with E-state index in [1.54, 1.807) is 0 Å². The molecule has 0 aliphatic carbocycles. The van der Waals surface area contributed by atoms with Crippen molar-refractivity contribution in [1.82, 2.24) is 0 Å². The first-order valence-electron chi connectivity index (χ1n) is 5.34. The van der Waals surface area contributed by atoms with Gasteiger partial charge in [-0.1, -0.05) is 12.1 Å². The van der Waals surface area contributed by atoms with Crippen LogP contribution in [-0.2, 0) is 0 Å². The lowest BCUT2D eigenvalue weighted by molar-refractivity contribution is 0.283. The van der Waals surface area contributed by atoms with E-state index in [2.05, 4.69) is 22.0 Å². The van der Waals surface area contributed by atoms with Crippen molar-refractivity contribution in [3.8, 4) is 11.8 Å². The van der Waals surface area contributed by atoms with E-state index in [0.717, 1.165) is 23.1 Å². The highest BCUT2D eigenvalue weighted by Crippen LogP contribution is 2.25. The lowest BCUT2D eigenvalue weighted by atomic mass is 9.90. The molecule has 0 saturated carbocycles. The van der Waals surface area contributed by atoms with Crippen molar-refractivity contribution in [3.63, 3.8) is 0 Å². The van der Waals surface area contributed by atoms with Crippen LogP contribution in [0.5, 0.6) is 5.75 Å². The quantitative estimate of drug-likeness (QED) is 0.760. The lowest BCUT2D eigenvalue weighted by Gasteiger charge is -2.15. The minimum Gasteiger partial charge on any atom is -0.492 e. The maximum Gasteiger partial charge on any atom is 0.133 e. The number of rotatable bonds is 5. The van der Waals surface area contributed by atoms with E-state index in [1.807, 2.05) is 38.1 Å². The van der Waals surface area contributed by atoms with Gasteiger partial charge in [-0.25, -0.2) is 0 Å². The summed E-state index contributed by atoms with van der Waals surface area (Å²) in [5.74, 6) is 0.859. The van der Waals surface area contributed by atoms with E-state index < -0.39 is 0 Å². The highest BCUT2D eigenvalue weighted by atomic mass is 79.9. The summed E-state index contributed by atoms with van der Waals surface area (Å²) in [6.07, 6.45) is 1.75. The van der Waals surface area contributed by atoms with Crippen LogP contribution in [0.15, 0.2) is 28.7 Å². The van der Waals surface area contributed by atoms with E-state index in [0.29, 0.717) is 6.61 Å². The highest BCUT2D eigenvalue weighted by Gasteiger charge is 2.15. The predicted molar refractivity (Wildman–Crippen MR) is 68.3 cm³/mol. The van der Waals surface area contributed by atoms with Gasteiger partial charge in [0.05, 0.1) is 22.6 Å². The number of ether oxygens (including phenoxy) is 1. The number of para-hydroxylation sites is 1. The highest BCUT2D eigenvalue weighted by molar-refractivity contribution is 9.10. The van der Waals surface area contributed by atoms with Gasteiger partial charge in [-0.3, -0.25) is 0 Å². The maximum absolute atomic E-state index is 8.86. The zero-order valence-electron chi connectivity index (χ0n) is 9.66. The molecule has 0 aromatic heterocycles. The first-order chi connectivity index (χ1) is 7.55. The Morgan fingerprint density at radius 1 is 1.38 bits per heavy atom. The fraction of sp³-hybridized carbons (Fsp3) is 0.462. The Balaban J connectivity index is 2.33. The predicted octanol–water partition coefficient (Wildman–Crippen LogP) is 4.16. The Bertz CT molecular complexity index is 382. The Morgan fingerprint density at radius 2 is 2.06 bits per heavy atom. The van der Waals surface area contributed by atoms with Crippen molar-refractivity contribution >= 4 is 15.9 Å². The SMILES string of the molecule is CC(C)(C#N)CCCOc1ccccc1Br. The van der Waals surface area contributed by atoms with Gasteiger partial charge in [-0.15, -0.1) is 0 Å². The van der Waals surface area contributed by atoms with Crippen LogP contribution in [0.2, 0.25) is 0 Å². The van der Waals surface area contributed by atoms with Crippen molar-refractivity contribution in [2.45, 2.75) is 26.7 Å². The van der Waals surface area contributed by atoms with Crippen LogP contribution in [0.1, 0.15) is 26.7 Å². The monoisotopic (exact) mass is 281 g/mol. The molecule has 0 aliphatic heterocycles. The Hall–Kier alpha value is -1.01. The van der Waals surface area contributed by atoms with Crippen molar-refractivity contribution in [3.05, 3.63) is 28.7 Å². The molecule has 0 aliphatic rings. The molecule has 0 fully saturated rings. The van der Waals surface area contributed by atoms with Crippen LogP contribution in [-0.4, -0.2) is 6.61 Å². The largest absolute Gasteiger partial charge is 0.492 e. The molecule has 16 heavy (non-hydrogen) atoms. The Kier molecular flexibility index (Phi) is 4.82. The minimum absolute atomic E-state index is 0.253. The van der Waals surface area contributed by atoms with Gasteiger partial charge in [0.1, 0.15) is 5.75 Å². The average Bonchev–Trinajstić information content (AvgIpc) is 2.27. The number of hydrogen-bond donors (Lipinski definition) is 0. The number of benzene rings is 1. The van der Waals surface area contributed by atoms with Crippen molar-refractivity contribution < 1.29 is 4.74 Å². The summed E-state index contributed by atoms with van der Waals surface area (Å²) in [5, 5.41) is 8.86. The summed E-state index contributed by atoms with van der Waals surface area (Å²) >= 11 is 3.42. The summed E-state index contributed by atoms with van der Waals surface area (Å²) in [6, 6.07) is 10.1. The second kappa shape index (κ2) is 5.91. The van der Waals surface area contributed by atoms with Crippen LogP contribution in [0.25, 0.3) is 0 Å². The zero-order chi connectivity index (χ0) is 12.0. The molecule has 2 nitrogen and oxygen atoms in total. The van der Waals surface area contributed by atoms with Gasteiger partial charge < -0.3 is 4.74 Å². The summed E-state index contributed by atoms with van der Waals surface area (Å²) in [5.41, 5.74) is -0.253. The molecule has 0 atom stereocenters. The molecule has 1 aromatic carbocycles. The van der Waals surface area contributed by atoms with Crippen LogP contribution in [0.4, 0.5) is 0 Å². The number of halogens is 1. The molecule has 3 heteroatoms. The standard InChI is InChI=1S/C13H16BrNO/c1-13(2,10-15)8-5-9-16-12-7-4-3-6-11(12)14/h3-4,6-7H,5,8-9H2,1-2H3. The zero-order valence-corrected chi connectivity index (χ0v) is 11.3. The van der Waals surface area contributed by atoms with Gasteiger partial charge in [0, 0.05) is 0 Å². The molecule has 86 valence electrons. The summed E-state index contributed by atoms with van der Waals surface area (Å²) in [7, 11) is 0. The molecule has 1 aromatic rings. The third-order valence-corrected chi connectivity index (χ3v) is 3.00. The molecule has 0 N–H and O–H groups in total. The Morgan fingerprint density at radius 3 is 2.69 bits per heavy atom. The van der Waals surface area contributed by atoms with E-state index in [9.17, 15) is 0 Å². The molecular weight excluding hydrogens is 266 g/mol. The molecule has 0 radical (unpaired) electrons. The van der Waals surface area contributed by atoms with Gasteiger partial charge in [0.2, 0.25) is 0 Å². The normalized spacial score (nSPS) is 10.9. The van der Waals surface area contributed by atoms with Gasteiger partial charge in [-0.05, 0) is 54.8 Å². The van der Waals surface area contributed by atoms with Crippen molar-refractivity contribution in [1.29, 1.82) is 5.26 Å². The van der Waals surface area contributed by atoms with Gasteiger partial charge in [0.15, 0.2) is 0 Å². The second-order valence-corrected chi connectivity index (χ2v) is 5.23. The molecule has 0 spiro atoms. The minimum atomic E-state index is -0.253. The molecule has 0 saturated heterocycles. The van der Waals surface area contributed by atoms with Crippen LogP contribution >= 0.6 is 15.9 Å². The second-order valence-electron chi connectivity index (χ2n) is 4.38. The summed E-state index contributed by atoms with van der Waals surface area (Å²) < 4.78 is 6.59. The van der Waals surface area contributed by atoms with Crippen molar-refractivity contribution in [2.24, 2.45) is 5.41 Å². The van der Waals surface area contributed by atoms with Crippen LogP contribution < -0.4 is 4.74 Å². The molecule has 0 unspecified atom stereocenters. The number of nitriles is 1. The molecule has 0 bridgehead atoms. The Labute approximate surface area is 105 Å². The molecule has 1 rings (SSSR count). The molecule has 0 amide bonds. The number of hydrogen-bond acceptors (Lipinski definition) is 2. The third kappa shape index (κ3) is 4.24. The van der Waals surface area contributed by atoms with Crippen molar-refractivity contribution in [2.75, 3.05) is 6.61 Å². The average molecular weight is 282 g/mol.